The van der Waals surface area contributed by atoms with Gasteiger partial charge in [-0.15, -0.1) is 0 Å². The minimum absolute atomic E-state index is 0.322. The molecule has 7 nitrogen and oxygen atoms in total. The lowest BCUT2D eigenvalue weighted by Crippen LogP contribution is -2.54. The van der Waals surface area contributed by atoms with Crippen molar-refractivity contribution in [1.82, 2.24) is 10.2 Å². The van der Waals surface area contributed by atoms with Crippen LogP contribution in [-0.4, -0.2) is 52.5 Å². The number of benzene rings is 3. The van der Waals surface area contributed by atoms with Gasteiger partial charge < -0.3 is 20.3 Å². The fraction of sp³-hybridized carbons (Fsp3) is 0.424. The first-order valence-electron chi connectivity index (χ1n) is 14.0. The molecule has 0 aliphatic carbocycles. The van der Waals surface area contributed by atoms with Crippen molar-refractivity contribution in [3.63, 3.8) is 0 Å². The largest absolute Gasteiger partial charge is 0.444 e. The van der Waals surface area contributed by atoms with Crippen LogP contribution in [0.5, 0.6) is 0 Å². The number of thioether (sulfide) groups is 1. The first-order chi connectivity index (χ1) is 19.3. The third-order valence-electron chi connectivity index (χ3n) is 6.68. The van der Waals surface area contributed by atoms with Crippen LogP contribution in [0, 0.1) is 13.8 Å². The topological polar surface area (TPSA) is 87.7 Å². The zero-order valence-corrected chi connectivity index (χ0v) is 26.2. The Hall–Kier alpha value is -3.52. The van der Waals surface area contributed by atoms with E-state index in [0.717, 1.165) is 27.5 Å². The van der Waals surface area contributed by atoms with Gasteiger partial charge in [-0.2, -0.15) is 11.8 Å². The molecule has 0 saturated carbocycles. The molecule has 3 aromatic rings. The lowest BCUT2D eigenvalue weighted by Gasteiger charge is -2.38. The number of alkyl carbamates (subject to hydrolysis) is 1. The Balaban J connectivity index is 2.05. The summed E-state index contributed by atoms with van der Waals surface area (Å²) in [6, 6.07) is 17.5. The van der Waals surface area contributed by atoms with Crippen molar-refractivity contribution in [2.75, 3.05) is 17.3 Å². The molecule has 41 heavy (non-hydrogen) atoms. The third-order valence-corrected chi connectivity index (χ3v) is 7.33. The number of hydrogen-bond donors (Lipinski definition) is 2. The van der Waals surface area contributed by atoms with Crippen molar-refractivity contribution < 1.29 is 19.1 Å². The average Bonchev–Trinajstić information content (AvgIpc) is 2.89. The molecule has 3 aromatic carbocycles. The van der Waals surface area contributed by atoms with Crippen molar-refractivity contribution in [2.45, 2.75) is 78.6 Å². The quantitative estimate of drug-likeness (QED) is 0.270. The van der Waals surface area contributed by atoms with E-state index >= 15 is 0 Å². The average molecular weight is 578 g/mol. The van der Waals surface area contributed by atoms with Crippen molar-refractivity contribution in [2.24, 2.45) is 0 Å². The second-order valence-electron chi connectivity index (χ2n) is 11.6. The Labute approximate surface area is 248 Å². The predicted octanol–water partition coefficient (Wildman–Crippen LogP) is 7.02. The summed E-state index contributed by atoms with van der Waals surface area (Å²) in [5.74, 6) is -0.00774. The molecule has 2 atom stereocenters. The SMILES string of the molecule is CSCCC(NC(=O)OC(C)(C)C)C(=O)N(C(C)C)C(C(=O)Nc1ccc2ccccc2c1)c1cc(C)ccc1C. The predicted molar refractivity (Wildman–Crippen MR) is 169 cm³/mol. The van der Waals surface area contributed by atoms with E-state index in [-0.39, 0.29) is 17.9 Å². The monoisotopic (exact) mass is 577 g/mol. The van der Waals surface area contributed by atoms with Crippen molar-refractivity contribution in [3.05, 3.63) is 77.4 Å². The van der Waals surface area contributed by atoms with Gasteiger partial charge >= 0.3 is 6.09 Å². The van der Waals surface area contributed by atoms with Crippen LogP contribution in [0.2, 0.25) is 0 Å². The third kappa shape index (κ3) is 8.73. The summed E-state index contributed by atoms with van der Waals surface area (Å²) in [5, 5.41) is 7.94. The first-order valence-corrected chi connectivity index (χ1v) is 15.4. The van der Waals surface area contributed by atoms with E-state index in [0.29, 0.717) is 17.9 Å². The normalized spacial score (nSPS) is 13.0. The van der Waals surface area contributed by atoms with Crippen LogP contribution in [0.4, 0.5) is 10.5 Å². The zero-order valence-electron chi connectivity index (χ0n) is 25.4. The second kappa shape index (κ2) is 13.9. The van der Waals surface area contributed by atoms with Crippen LogP contribution < -0.4 is 10.6 Å². The summed E-state index contributed by atoms with van der Waals surface area (Å²) in [4.78, 5) is 42.8. The van der Waals surface area contributed by atoms with Gasteiger partial charge in [0.05, 0.1) is 0 Å². The van der Waals surface area contributed by atoms with Gasteiger partial charge in [0, 0.05) is 11.7 Å². The number of carbonyl (C=O) groups excluding carboxylic acids is 3. The lowest BCUT2D eigenvalue weighted by atomic mass is 9.95. The maximum Gasteiger partial charge on any atom is 0.408 e. The molecule has 2 N–H and O–H groups in total. The molecule has 2 unspecified atom stereocenters. The number of anilines is 1. The molecule has 0 aromatic heterocycles. The van der Waals surface area contributed by atoms with Crippen LogP contribution in [-0.2, 0) is 14.3 Å². The smallest absolute Gasteiger partial charge is 0.408 e. The maximum absolute atomic E-state index is 14.3. The van der Waals surface area contributed by atoms with Crippen LogP contribution in [0.3, 0.4) is 0 Å². The van der Waals surface area contributed by atoms with Gasteiger partial charge in [0.15, 0.2) is 0 Å². The number of rotatable bonds is 10. The fourth-order valence-electron chi connectivity index (χ4n) is 4.75. The number of aryl methyl sites for hydroxylation is 2. The molecule has 0 saturated heterocycles. The van der Waals surface area contributed by atoms with E-state index in [4.69, 9.17) is 4.74 Å². The molecule has 220 valence electrons. The Kier molecular flexibility index (Phi) is 10.8. The number of nitrogens with zero attached hydrogens (tertiary/aromatic N) is 1. The molecule has 0 radical (unpaired) electrons. The molecule has 0 fully saturated rings. The van der Waals surface area contributed by atoms with Gasteiger partial charge in [-0.3, -0.25) is 9.59 Å². The van der Waals surface area contributed by atoms with Crippen molar-refractivity contribution in [1.29, 1.82) is 0 Å². The number of carbonyl (C=O) groups is 3. The van der Waals surface area contributed by atoms with E-state index in [1.165, 1.54) is 0 Å². The Bertz CT molecular complexity index is 1380. The molecule has 8 heteroatoms. The number of amides is 3. The van der Waals surface area contributed by atoms with Crippen molar-refractivity contribution in [3.8, 4) is 0 Å². The van der Waals surface area contributed by atoms with Gasteiger partial charge in [-0.1, -0.05) is 54.1 Å². The van der Waals surface area contributed by atoms with Crippen LogP contribution >= 0.6 is 11.8 Å². The highest BCUT2D eigenvalue weighted by molar-refractivity contribution is 7.98. The van der Waals surface area contributed by atoms with E-state index < -0.39 is 23.8 Å². The standard InChI is InChI=1S/C33H43N3O4S/c1-21(2)36(31(38)28(17-18-41-8)35-32(39)40-33(5,6)7)29(27-19-22(3)13-14-23(27)4)30(37)34-26-16-15-24-11-9-10-12-25(24)20-26/h9-16,19-21,28-29H,17-18H2,1-8H3,(H,34,37)(H,35,39). The lowest BCUT2D eigenvalue weighted by molar-refractivity contribution is -0.143. The fourth-order valence-corrected chi connectivity index (χ4v) is 5.22. The summed E-state index contributed by atoms with van der Waals surface area (Å²) < 4.78 is 5.47. The molecule has 0 aliphatic rings. The Morgan fingerprint density at radius 1 is 0.951 bits per heavy atom. The summed E-state index contributed by atoms with van der Waals surface area (Å²) in [5.41, 5.74) is 2.55. The van der Waals surface area contributed by atoms with Crippen LogP contribution in [0.1, 0.15) is 63.8 Å². The minimum Gasteiger partial charge on any atom is -0.444 e. The van der Waals surface area contributed by atoms with Gasteiger partial charge in [-0.05, 0) is 101 Å². The van der Waals surface area contributed by atoms with E-state index in [1.54, 1.807) is 37.4 Å². The molecule has 0 heterocycles. The van der Waals surface area contributed by atoms with E-state index in [9.17, 15) is 14.4 Å². The van der Waals surface area contributed by atoms with Crippen molar-refractivity contribution >= 4 is 46.1 Å². The summed E-state index contributed by atoms with van der Waals surface area (Å²) in [6.45, 7) is 13.0. The van der Waals surface area contributed by atoms with Crippen LogP contribution in [0.25, 0.3) is 10.8 Å². The van der Waals surface area contributed by atoms with Gasteiger partial charge in [-0.25, -0.2) is 4.79 Å². The highest BCUT2D eigenvalue weighted by Gasteiger charge is 2.38. The molecule has 3 rings (SSSR count). The molecule has 0 spiro atoms. The van der Waals surface area contributed by atoms with Gasteiger partial charge in [0.25, 0.3) is 5.91 Å². The van der Waals surface area contributed by atoms with Crippen LogP contribution in [0.15, 0.2) is 60.7 Å². The second-order valence-corrected chi connectivity index (χ2v) is 12.6. The number of ether oxygens (including phenoxy) is 1. The van der Waals surface area contributed by atoms with E-state index in [2.05, 4.69) is 10.6 Å². The highest BCUT2D eigenvalue weighted by atomic mass is 32.2. The van der Waals surface area contributed by atoms with Gasteiger partial charge in [0.1, 0.15) is 17.7 Å². The maximum atomic E-state index is 14.3. The molecular formula is C33H43N3O4S. The van der Waals surface area contributed by atoms with Gasteiger partial charge in [0.2, 0.25) is 5.91 Å². The minimum atomic E-state index is -0.925. The molecular weight excluding hydrogens is 534 g/mol. The molecule has 3 amide bonds. The summed E-state index contributed by atoms with van der Waals surface area (Å²) >= 11 is 1.58. The number of nitrogens with one attached hydrogen (secondary N) is 2. The summed E-state index contributed by atoms with van der Waals surface area (Å²) in [6.07, 6.45) is 1.68. The summed E-state index contributed by atoms with van der Waals surface area (Å²) in [7, 11) is 0. The number of hydrogen-bond acceptors (Lipinski definition) is 5. The number of fused-ring (bicyclic) bond motifs is 1. The molecule has 0 bridgehead atoms. The molecule has 0 aliphatic heterocycles. The Morgan fingerprint density at radius 2 is 1.63 bits per heavy atom. The van der Waals surface area contributed by atoms with E-state index in [1.807, 2.05) is 94.6 Å². The Morgan fingerprint density at radius 3 is 2.27 bits per heavy atom. The highest BCUT2D eigenvalue weighted by Crippen LogP contribution is 2.30. The first kappa shape index (κ1) is 32.0. The zero-order chi connectivity index (χ0) is 30.3.